The van der Waals surface area contributed by atoms with E-state index in [9.17, 15) is 0 Å². The number of benzene rings is 1. The van der Waals surface area contributed by atoms with Gasteiger partial charge in [-0.05, 0) is 19.8 Å². The standard InChI is InChI=1S/C20H28N4O2S/c1-15-18(27-19(24-15)16-7-4-3-5-8-16)13-23-20(21-2)22-10-6-11-26-17-9-12-25-14-17/h3-5,7-8,17H,6,9-14H2,1-2H3,(H2,21,22,23). The molecule has 0 spiro atoms. The Morgan fingerprint density at radius 3 is 2.93 bits per heavy atom. The molecule has 1 aromatic carbocycles. The van der Waals surface area contributed by atoms with Gasteiger partial charge in [0.1, 0.15) is 5.01 Å². The molecule has 2 aromatic rings. The molecule has 0 radical (unpaired) electrons. The Morgan fingerprint density at radius 2 is 2.19 bits per heavy atom. The fourth-order valence-electron chi connectivity index (χ4n) is 2.85. The minimum Gasteiger partial charge on any atom is -0.379 e. The van der Waals surface area contributed by atoms with Crippen molar-refractivity contribution in [3.8, 4) is 10.6 Å². The lowest BCUT2D eigenvalue weighted by molar-refractivity contribution is 0.0420. The van der Waals surface area contributed by atoms with Crippen LogP contribution in [0.1, 0.15) is 23.4 Å². The van der Waals surface area contributed by atoms with E-state index in [1.165, 1.54) is 4.88 Å². The summed E-state index contributed by atoms with van der Waals surface area (Å²) in [5.74, 6) is 0.799. The van der Waals surface area contributed by atoms with Crippen LogP contribution in [-0.2, 0) is 16.0 Å². The van der Waals surface area contributed by atoms with Crippen LogP contribution in [0.2, 0.25) is 0 Å². The third-order valence-corrected chi connectivity index (χ3v) is 5.61. The molecular weight excluding hydrogens is 360 g/mol. The summed E-state index contributed by atoms with van der Waals surface area (Å²) in [7, 11) is 1.79. The number of nitrogens with zero attached hydrogens (tertiary/aromatic N) is 2. The van der Waals surface area contributed by atoms with E-state index in [1.807, 2.05) is 18.2 Å². The van der Waals surface area contributed by atoms with E-state index < -0.39 is 0 Å². The zero-order valence-corrected chi connectivity index (χ0v) is 16.8. The Labute approximate surface area is 165 Å². The van der Waals surface area contributed by atoms with Crippen LogP contribution in [0.4, 0.5) is 0 Å². The van der Waals surface area contributed by atoms with Crippen LogP contribution in [0.15, 0.2) is 35.3 Å². The molecule has 0 aliphatic carbocycles. The van der Waals surface area contributed by atoms with Gasteiger partial charge in [-0.15, -0.1) is 11.3 Å². The molecule has 1 aliphatic heterocycles. The zero-order chi connectivity index (χ0) is 18.9. The maximum atomic E-state index is 5.78. The van der Waals surface area contributed by atoms with E-state index in [0.29, 0.717) is 6.54 Å². The number of aryl methyl sites for hydroxylation is 1. The van der Waals surface area contributed by atoms with E-state index in [1.54, 1.807) is 18.4 Å². The van der Waals surface area contributed by atoms with Crippen molar-refractivity contribution in [2.24, 2.45) is 4.99 Å². The van der Waals surface area contributed by atoms with Crippen LogP contribution in [0, 0.1) is 6.92 Å². The van der Waals surface area contributed by atoms with Crippen LogP contribution in [-0.4, -0.2) is 50.5 Å². The normalized spacial score (nSPS) is 17.3. The van der Waals surface area contributed by atoms with Crippen LogP contribution >= 0.6 is 11.3 Å². The molecule has 1 fully saturated rings. The van der Waals surface area contributed by atoms with Crippen molar-refractivity contribution >= 4 is 17.3 Å². The van der Waals surface area contributed by atoms with Gasteiger partial charge in [0.2, 0.25) is 0 Å². The summed E-state index contributed by atoms with van der Waals surface area (Å²) >= 11 is 1.72. The van der Waals surface area contributed by atoms with Crippen LogP contribution in [0.5, 0.6) is 0 Å². The summed E-state index contributed by atoms with van der Waals surface area (Å²) in [4.78, 5) is 10.2. The summed E-state index contributed by atoms with van der Waals surface area (Å²) in [6.07, 6.45) is 2.22. The smallest absolute Gasteiger partial charge is 0.191 e. The molecule has 2 N–H and O–H groups in total. The average molecular weight is 389 g/mol. The van der Waals surface area contributed by atoms with Crippen molar-refractivity contribution in [3.63, 3.8) is 0 Å². The maximum absolute atomic E-state index is 5.78. The number of nitrogens with one attached hydrogen (secondary N) is 2. The van der Waals surface area contributed by atoms with Crippen molar-refractivity contribution in [1.29, 1.82) is 0 Å². The highest BCUT2D eigenvalue weighted by atomic mass is 32.1. The number of hydrogen-bond donors (Lipinski definition) is 2. The van der Waals surface area contributed by atoms with Crippen LogP contribution in [0.3, 0.4) is 0 Å². The monoisotopic (exact) mass is 388 g/mol. The molecule has 0 bridgehead atoms. The first kappa shape index (κ1) is 19.8. The Morgan fingerprint density at radius 1 is 1.33 bits per heavy atom. The predicted molar refractivity (Wildman–Crippen MR) is 110 cm³/mol. The maximum Gasteiger partial charge on any atom is 0.191 e. The number of ether oxygens (including phenoxy) is 2. The van der Waals surface area contributed by atoms with Crippen molar-refractivity contribution in [2.75, 3.05) is 33.4 Å². The SMILES string of the molecule is CN=C(NCCCOC1CCOC1)NCc1sc(-c2ccccc2)nc1C. The summed E-state index contributed by atoms with van der Waals surface area (Å²) < 4.78 is 11.1. The van der Waals surface area contributed by atoms with Gasteiger partial charge in [0.05, 0.1) is 24.9 Å². The number of aromatic nitrogens is 1. The van der Waals surface area contributed by atoms with E-state index in [-0.39, 0.29) is 6.10 Å². The van der Waals surface area contributed by atoms with Gasteiger partial charge in [0.25, 0.3) is 0 Å². The van der Waals surface area contributed by atoms with Crippen molar-refractivity contribution < 1.29 is 9.47 Å². The number of guanidine groups is 1. The molecule has 2 heterocycles. The minimum atomic E-state index is 0.274. The zero-order valence-electron chi connectivity index (χ0n) is 16.0. The summed E-state index contributed by atoms with van der Waals surface area (Å²) in [6.45, 7) is 5.89. The topological polar surface area (TPSA) is 67.8 Å². The lowest BCUT2D eigenvalue weighted by Gasteiger charge is -2.13. The summed E-state index contributed by atoms with van der Waals surface area (Å²) in [6, 6.07) is 10.3. The fraction of sp³-hybridized carbons (Fsp3) is 0.500. The second kappa shape index (κ2) is 10.4. The molecule has 146 valence electrons. The molecule has 1 unspecified atom stereocenters. The molecule has 1 aliphatic rings. The molecule has 0 amide bonds. The highest BCUT2D eigenvalue weighted by molar-refractivity contribution is 7.15. The molecular formula is C20H28N4O2S. The molecule has 0 saturated carbocycles. The summed E-state index contributed by atoms with van der Waals surface area (Å²) in [5.41, 5.74) is 2.22. The van der Waals surface area contributed by atoms with Gasteiger partial charge in [-0.3, -0.25) is 4.99 Å². The summed E-state index contributed by atoms with van der Waals surface area (Å²) in [5, 5.41) is 7.76. The van der Waals surface area contributed by atoms with Gasteiger partial charge in [0, 0.05) is 37.2 Å². The van der Waals surface area contributed by atoms with Crippen LogP contribution < -0.4 is 10.6 Å². The molecule has 27 heavy (non-hydrogen) atoms. The first-order chi connectivity index (χ1) is 13.3. The first-order valence-corrected chi connectivity index (χ1v) is 10.2. The Hall–Kier alpha value is -1.96. The number of hydrogen-bond acceptors (Lipinski definition) is 5. The van der Waals surface area contributed by atoms with Gasteiger partial charge in [-0.2, -0.15) is 0 Å². The van der Waals surface area contributed by atoms with Gasteiger partial charge >= 0.3 is 0 Å². The van der Waals surface area contributed by atoms with Crippen LogP contribution in [0.25, 0.3) is 10.6 Å². The number of rotatable bonds is 8. The van der Waals surface area contributed by atoms with Gasteiger partial charge in [0.15, 0.2) is 5.96 Å². The third kappa shape index (κ3) is 6.02. The van der Waals surface area contributed by atoms with E-state index in [0.717, 1.165) is 61.4 Å². The van der Waals surface area contributed by atoms with Gasteiger partial charge < -0.3 is 20.1 Å². The molecule has 1 saturated heterocycles. The molecule has 3 rings (SSSR count). The average Bonchev–Trinajstić information content (AvgIpc) is 3.34. The van der Waals surface area contributed by atoms with Crippen molar-refractivity contribution in [1.82, 2.24) is 15.6 Å². The Bertz CT molecular complexity index is 727. The minimum absolute atomic E-state index is 0.274. The predicted octanol–water partition coefficient (Wildman–Crippen LogP) is 2.98. The molecule has 1 atom stereocenters. The van der Waals surface area contributed by atoms with Gasteiger partial charge in [-0.1, -0.05) is 30.3 Å². The highest BCUT2D eigenvalue weighted by Crippen LogP contribution is 2.27. The van der Waals surface area contributed by atoms with Crippen molar-refractivity contribution in [2.45, 2.75) is 32.4 Å². The quantitative estimate of drug-likeness (QED) is 0.413. The lowest BCUT2D eigenvalue weighted by atomic mass is 10.2. The number of aliphatic imine (C=N–C) groups is 1. The highest BCUT2D eigenvalue weighted by Gasteiger charge is 2.15. The molecule has 1 aromatic heterocycles. The van der Waals surface area contributed by atoms with E-state index in [4.69, 9.17) is 14.5 Å². The molecule has 7 heteroatoms. The number of thiazole rings is 1. The van der Waals surface area contributed by atoms with E-state index in [2.05, 4.69) is 34.7 Å². The first-order valence-electron chi connectivity index (χ1n) is 9.42. The Balaban J connectivity index is 1.40. The fourth-order valence-corrected chi connectivity index (χ4v) is 3.86. The second-order valence-electron chi connectivity index (χ2n) is 6.46. The van der Waals surface area contributed by atoms with Gasteiger partial charge in [-0.25, -0.2) is 4.98 Å². The van der Waals surface area contributed by atoms with Crippen molar-refractivity contribution in [3.05, 3.63) is 40.9 Å². The second-order valence-corrected chi connectivity index (χ2v) is 7.54. The largest absolute Gasteiger partial charge is 0.379 e. The molecule has 6 nitrogen and oxygen atoms in total. The van der Waals surface area contributed by atoms with E-state index >= 15 is 0 Å². The Kier molecular flexibility index (Phi) is 7.62. The third-order valence-electron chi connectivity index (χ3n) is 4.41. The lowest BCUT2D eigenvalue weighted by Crippen LogP contribution is -2.37.